The van der Waals surface area contributed by atoms with Gasteiger partial charge in [-0.3, -0.25) is 9.58 Å². The number of nitrogens with one attached hydrogen (secondary N) is 1. The first-order valence-corrected chi connectivity index (χ1v) is 10.8. The molecule has 0 bridgehead atoms. The fourth-order valence-corrected chi connectivity index (χ4v) is 4.81. The topological polar surface area (TPSA) is 62.6 Å². The number of ether oxygens (including phenoxy) is 1. The van der Waals surface area contributed by atoms with Gasteiger partial charge in [0.25, 0.3) is 5.92 Å². The second-order valence-corrected chi connectivity index (χ2v) is 8.91. The number of fused-ring (bicyclic) bond motifs is 1. The molecule has 166 valence electrons. The van der Waals surface area contributed by atoms with E-state index in [1.54, 1.807) is 4.68 Å². The van der Waals surface area contributed by atoms with Crippen molar-refractivity contribution in [3.8, 4) is 0 Å². The quantitative estimate of drug-likeness (QED) is 0.616. The van der Waals surface area contributed by atoms with Crippen LogP contribution in [0.25, 0.3) is 0 Å². The van der Waals surface area contributed by atoms with Gasteiger partial charge in [0.1, 0.15) is 6.54 Å². The van der Waals surface area contributed by atoms with Gasteiger partial charge >= 0.3 is 0 Å². The molecule has 1 aliphatic carbocycles. The maximum Gasteiger partial charge on any atom is 0.272 e. The van der Waals surface area contributed by atoms with Gasteiger partial charge < -0.3 is 15.2 Å². The molecule has 1 aromatic heterocycles. The summed E-state index contributed by atoms with van der Waals surface area (Å²) in [5.74, 6) is -2.48. The average Bonchev–Trinajstić information content (AvgIpc) is 3.16. The SMILES string of the molecule is CCOCC1(CO)CCC(c2c(CN(C)CCNC)nn3c2CC(F)(F)C3)CC1. The summed E-state index contributed by atoms with van der Waals surface area (Å²) >= 11 is 0. The van der Waals surface area contributed by atoms with Crippen molar-refractivity contribution in [1.82, 2.24) is 20.0 Å². The number of nitrogens with zero attached hydrogens (tertiary/aromatic N) is 3. The highest BCUT2D eigenvalue weighted by Crippen LogP contribution is 2.46. The molecule has 0 saturated heterocycles. The zero-order valence-electron chi connectivity index (χ0n) is 18.0. The van der Waals surface area contributed by atoms with Crippen LogP contribution in [0.5, 0.6) is 0 Å². The van der Waals surface area contributed by atoms with E-state index in [4.69, 9.17) is 4.74 Å². The number of hydrogen-bond donors (Lipinski definition) is 2. The molecular formula is C21H36F2N4O2. The van der Waals surface area contributed by atoms with E-state index in [0.717, 1.165) is 55.7 Å². The molecule has 0 amide bonds. The summed E-state index contributed by atoms with van der Waals surface area (Å²) in [5.41, 5.74) is 2.51. The molecule has 2 heterocycles. The van der Waals surface area contributed by atoms with Crippen LogP contribution in [-0.2, 0) is 24.2 Å². The van der Waals surface area contributed by atoms with Crippen LogP contribution < -0.4 is 5.32 Å². The third-order valence-electron chi connectivity index (χ3n) is 6.55. The summed E-state index contributed by atoms with van der Waals surface area (Å²) in [6.45, 7) is 5.39. The second-order valence-electron chi connectivity index (χ2n) is 8.91. The lowest BCUT2D eigenvalue weighted by atomic mass is 9.69. The van der Waals surface area contributed by atoms with Gasteiger partial charge in [0.2, 0.25) is 0 Å². The molecule has 29 heavy (non-hydrogen) atoms. The Bertz CT molecular complexity index is 672. The third-order valence-corrected chi connectivity index (χ3v) is 6.55. The van der Waals surface area contributed by atoms with Crippen molar-refractivity contribution in [1.29, 1.82) is 0 Å². The summed E-state index contributed by atoms with van der Waals surface area (Å²) in [6, 6.07) is 0. The van der Waals surface area contributed by atoms with E-state index >= 15 is 0 Å². The highest BCUT2D eigenvalue weighted by molar-refractivity contribution is 5.34. The first-order valence-electron chi connectivity index (χ1n) is 10.8. The molecule has 1 aromatic rings. The highest BCUT2D eigenvalue weighted by Gasteiger charge is 2.44. The number of rotatable bonds is 10. The smallest absolute Gasteiger partial charge is 0.272 e. The lowest BCUT2D eigenvalue weighted by Gasteiger charge is -2.39. The van der Waals surface area contributed by atoms with Gasteiger partial charge in [-0.05, 0) is 52.6 Å². The lowest BCUT2D eigenvalue weighted by Crippen LogP contribution is -2.35. The molecule has 0 radical (unpaired) electrons. The molecule has 0 atom stereocenters. The third kappa shape index (κ3) is 5.16. The van der Waals surface area contributed by atoms with E-state index in [1.807, 2.05) is 21.0 Å². The van der Waals surface area contributed by atoms with E-state index < -0.39 is 5.92 Å². The number of hydrogen-bond acceptors (Lipinski definition) is 5. The molecule has 2 N–H and O–H groups in total. The molecule has 0 unspecified atom stereocenters. The number of aromatic nitrogens is 2. The van der Waals surface area contributed by atoms with E-state index in [2.05, 4.69) is 15.3 Å². The van der Waals surface area contributed by atoms with Crippen LogP contribution in [0.1, 0.15) is 55.5 Å². The largest absolute Gasteiger partial charge is 0.396 e. The fraction of sp³-hybridized carbons (Fsp3) is 0.857. The van der Waals surface area contributed by atoms with Gasteiger partial charge in [0.15, 0.2) is 0 Å². The van der Waals surface area contributed by atoms with Crippen molar-refractivity contribution in [3.63, 3.8) is 0 Å². The average molecular weight is 415 g/mol. The summed E-state index contributed by atoms with van der Waals surface area (Å²) in [6.07, 6.45) is 3.25. The zero-order valence-corrected chi connectivity index (χ0v) is 18.0. The van der Waals surface area contributed by atoms with Gasteiger partial charge in [0, 0.05) is 42.9 Å². The van der Waals surface area contributed by atoms with Gasteiger partial charge in [-0.2, -0.15) is 5.10 Å². The van der Waals surface area contributed by atoms with Gasteiger partial charge in [-0.25, -0.2) is 8.78 Å². The molecule has 0 aromatic carbocycles. The Hall–Kier alpha value is -1.09. The van der Waals surface area contributed by atoms with Gasteiger partial charge in [0.05, 0.1) is 25.3 Å². The molecular weight excluding hydrogens is 378 g/mol. The number of aliphatic hydroxyl groups excluding tert-OH is 1. The van der Waals surface area contributed by atoms with Crippen molar-refractivity contribution < 1.29 is 18.6 Å². The minimum Gasteiger partial charge on any atom is -0.396 e. The van der Waals surface area contributed by atoms with E-state index in [0.29, 0.717) is 19.8 Å². The molecule has 6 nitrogen and oxygen atoms in total. The summed E-state index contributed by atoms with van der Waals surface area (Å²) in [4.78, 5) is 2.19. The molecule has 8 heteroatoms. The molecule has 2 aliphatic rings. The Morgan fingerprint density at radius 1 is 1.34 bits per heavy atom. The van der Waals surface area contributed by atoms with Crippen molar-refractivity contribution in [3.05, 3.63) is 17.0 Å². The number of aliphatic hydroxyl groups is 1. The van der Waals surface area contributed by atoms with Crippen LogP contribution in [0.4, 0.5) is 8.78 Å². The predicted octanol–water partition coefficient (Wildman–Crippen LogP) is 2.40. The summed E-state index contributed by atoms with van der Waals surface area (Å²) < 4.78 is 35.3. The minimum absolute atomic E-state index is 0.115. The van der Waals surface area contributed by atoms with Gasteiger partial charge in [-0.15, -0.1) is 0 Å². The highest BCUT2D eigenvalue weighted by atomic mass is 19.3. The first kappa shape index (κ1) is 22.6. The molecule has 0 spiro atoms. The Morgan fingerprint density at radius 3 is 2.69 bits per heavy atom. The maximum atomic E-state index is 14.1. The Morgan fingerprint density at radius 2 is 2.07 bits per heavy atom. The Kier molecular flexibility index (Phi) is 7.30. The first-order chi connectivity index (χ1) is 13.8. The summed E-state index contributed by atoms with van der Waals surface area (Å²) in [7, 11) is 3.96. The zero-order chi connectivity index (χ0) is 21.1. The maximum absolute atomic E-state index is 14.1. The number of likely N-dealkylation sites (N-methyl/N-ethyl adjacent to an activating group) is 2. The Balaban J connectivity index is 1.79. The van der Waals surface area contributed by atoms with Crippen molar-refractivity contribution in [2.24, 2.45) is 5.41 Å². The van der Waals surface area contributed by atoms with Crippen molar-refractivity contribution >= 4 is 0 Å². The second kappa shape index (κ2) is 9.37. The van der Waals surface area contributed by atoms with E-state index in [1.165, 1.54) is 0 Å². The van der Waals surface area contributed by atoms with Crippen LogP contribution >= 0.6 is 0 Å². The monoisotopic (exact) mass is 414 g/mol. The van der Waals surface area contributed by atoms with Crippen LogP contribution in [0.3, 0.4) is 0 Å². The Labute approximate surface area is 172 Å². The molecule has 1 saturated carbocycles. The molecule has 3 rings (SSSR count). The summed E-state index contributed by atoms with van der Waals surface area (Å²) in [5, 5.41) is 17.7. The predicted molar refractivity (Wildman–Crippen MR) is 108 cm³/mol. The fourth-order valence-electron chi connectivity index (χ4n) is 4.81. The van der Waals surface area contributed by atoms with Crippen LogP contribution in [0.15, 0.2) is 0 Å². The van der Waals surface area contributed by atoms with Crippen molar-refractivity contribution in [2.45, 2.75) is 64.0 Å². The van der Waals surface area contributed by atoms with E-state index in [-0.39, 0.29) is 30.9 Å². The molecule has 1 fully saturated rings. The van der Waals surface area contributed by atoms with Crippen molar-refractivity contribution in [2.75, 3.05) is 47.0 Å². The van der Waals surface area contributed by atoms with Crippen LogP contribution in [-0.4, -0.2) is 72.7 Å². The lowest BCUT2D eigenvalue weighted by molar-refractivity contribution is -0.0158. The van der Waals surface area contributed by atoms with Crippen LogP contribution in [0, 0.1) is 5.41 Å². The molecule has 1 aliphatic heterocycles. The van der Waals surface area contributed by atoms with Gasteiger partial charge in [-0.1, -0.05) is 0 Å². The minimum atomic E-state index is -2.70. The number of halogens is 2. The number of alkyl halides is 2. The standard InChI is InChI=1S/C21H36F2N4O2/c1-4-29-15-20(14-28)7-5-16(6-8-20)19-17(12-26(3)10-9-24-2)25-27-13-21(22,23)11-18(19)27/h16,24,28H,4-15H2,1-3H3. The van der Waals surface area contributed by atoms with Crippen LogP contribution in [0.2, 0.25) is 0 Å². The normalized spacial score (nSPS) is 26.2. The van der Waals surface area contributed by atoms with E-state index in [9.17, 15) is 13.9 Å².